The van der Waals surface area contributed by atoms with Crippen LogP contribution in [0.25, 0.3) is 22.2 Å². The summed E-state index contributed by atoms with van der Waals surface area (Å²) in [5.41, 5.74) is 2.49. The van der Waals surface area contributed by atoms with Crippen molar-refractivity contribution in [3.8, 4) is 11.1 Å². The van der Waals surface area contributed by atoms with Gasteiger partial charge in [-0.3, -0.25) is 9.89 Å². The van der Waals surface area contributed by atoms with Crippen LogP contribution in [0.15, 0.2) is 43.1 Å². The second kappa shape index (κ2) is 10.3. The number of aromatic nitrogens is 3. The van der Waals surface area contributed by atoms with Crippen LogP contribution < -0.4 is 10.6 Å². The zero-order valence-electron chi connectivity index (χ0n) is 20.1. The van der Waals surface area contributed by atoms with Crippen LogP contribution in [-0.2, 0) is 11.3 Å². The molecular formula is C26H30FN7O2. The highest BCUT2D eigenvalue weighted by Crippen LogP contribution is 2.33. The van der Waals surface area contributed by atoms with Crippen LogP contribution in [0.3, 0.4) is 0 Å². The van der Waals surface area contributed by atoms with E-state index in [2.05, 4.69) is 32.4 Å². The van der Waals surface area contributed by atoms with E-state index in [1.54, 1.807) is 22.1 Å². The number of carbonyl (C=O) groups is 2. The van der Waals surface area contributed by atoms with Crippen molar-refractivity contribution in [3.05, 3.63) is 54.5 Å². The van der Waals surface area contributed by atoms with Gasteiger partial charge in [0.25, 0.3) is 0 Å². The first kappa shape index (κ1) is 23.8. The Labute approximate surface area is 208 Å². The molecule has 2 aromatic heterocycles. The average molecular weight is 492 g/mol. The lowest BCUT2D eigenvalue weighted by atomic mass is 10.0. The number of rotatable bonds is 6. The van der Waals surface area contributed by atoms with Crippen LogP contribution in [0.1, 0.15) is 31.2 Å². The Kier molecular flexibility index (Phi) is 6.84. The predicted octanol–water partition coefficient (Wildman–Crippen LogP) is 3.66. The zero-order chi connectivity index (χ0) is 25.1. The number of anilines is 1. The largest absolute Gasteiger partial charge is 0.363 e. The Morgan fingerprint density at radius 2 is 2.00 bits per heavy atom. The minimum atomic E-state index is -0.385. The van der Waals surface area contributed by atoms with Gasteiger partial charge < -0.3 is 20.4 Å². The van der Waals surface area contributed by atoms with Gasteiger partial charge in [-0.1, -0.05) is 18.7 Å². The monoisotopic (exact) mass is 491 g/mol. The molecule has 2 aliphatic rings. The lowest BCUT2D eigenvalue weighted by Crippen LogP contribution is -2.42. The van der Waals surface area contributed by atoms with Crippen molar-refractivity contribution in [3.63, 3.8) is 0 Å². The number of amides is 3. The molecule has 5 rings (SSSR count). The zero-order valence-corrected chi connectivity index (χ0v) is 20.1. The van der Waals surface area contributed by atoms with E-state index >= 15 is 4.39 Å². The van der Waals surface area contributed by atoms with Crippen molar-refractivity contribution in [1.29, 1.82) is 0 Å². The third-order valence-corrected chi connectivity index (χ3v) is 6.91. The Balaban J connectivity index is 1.33. The maximum Gasteiger partial charge on any atom is 0.317 e. The lowest BCUT2D eigenvalue weighted by molar-refractivity contribution is -0.125. The summed E-state index contributed by atoms with van der Waals surface area (Å²) in [5.74, 6) is 0.143. The number of hydrogen-bond donors (Lipinski definition) is 3. The third kappa shape index (κ3) is 4.89. The maximum absolute atomic E-state index is 15.1. The number of pyridine rings is 1. The molecule has 1 aromatic carbocycles. The molecule has 188 valence electrons. The summed E-state index contributed by atoms with van der Waals surface area (Å²) in [6, 6.07) is 6.75. The van der Waals surface area contributed by atoms with Crippen LogP contribution in [0, 0.1) is 5.82 Å². The molecule has 3 amide bonds. The molecule has 0 aliphatic carbocycles. The number of fused-ring (bicyclic) bond motifs is 1. The van der Waals surface area contributed by atoms with E-state index in [9.17, 15) is 9.59 Å². The van der Waals surface area contributed by atoms with Crippen LogP contribution in [0.4, 0.5) is 15.0 Å². The van der Waals surface area contributed by atoms with Crippen molar-refractivity contribution in [2.75, 3.05) is 31.5 Å². The number of H-pyrrole nitrogens is 1. The number of piperidine rings is 1. The van der Waals surface area contributed by atoms with Crippen LogP contribution in [0.2, 0.25) is 0 Å². The summed E-state index contributed by atoms with van der Waals surface area (Å²) >= 11 is 0. The van der Waals surface area contributed by atoms with Crippen LogP contribution >= 0.6 is 0 Å². The highest BCUT2D eigenvalue weighted by Gasteiger charge is 2.26. The summed E-state index contributed by atoms with van der Waals surface area (Å²) < 4.78 is 15.1. The van der Waals surface area contributed by atoms with Crippen molar-refractivity contribution in [2.45, 2.75) is 38.3 Å². The first-order valence-corrected chi connectivity index (χ1v) is 12.4. The molecule has 36 heavy (non-hydrogen) atoms. The van der Waals surface area contributed by atoms with E-state index in [1.165, 1.54) is 12.1 Å². The number of nitrogens with zero attached hydrogens (tertiary/aromatic N) is 4. The number of likely N-dealkylation sites (tertiary alicyclic amines) is 2. The topological polar surface area (TPSA) is 106 Å². The third-order valence-electron chi connectivity index (χ3n) is 6.91. The molecular weight excluding hydrogens is 461 g/mol. The van der Waals surface area contributed by atoms with E-state index in [4.69, 9.17) is 0 Å². The van der Waals surface area contributed by atoms with Gasteiger partial charge in [0.05, 0.1) is 5.39 Å². The number of benzene rings is 1. The number of aromatic amines is 1. The van der Waals surface area contributed by atoms with E-state index in [1.807, 2.05) is 12.1 Å². The lowest BCUT2D eigenvalue weighted by Gasteiger charge is -2.26. The molecule has 4 heterocycles. The van der Waals surface area contributed by atoms with Gasteiger partial charge in [-0.05, 0) is 55.0 Å². The van der Waals surface area contributed by atoms with Gasteiger partial charge in [-0.15, -0.1) is 0 Å². The maximum atomic E-state index is 15.1. The minimum Gasteiger partial charge on any atom is -0.363 e. The van der Waals surface area contributed by atoms with Gasteiger partial charge in [-0.2, -0.15) is 5.10 Å². The summed E-state index contributed by atoms with van der Waals surface area (Å²) in [6.07, 6.45) is 6.93. The van der Waals surface area contributed by atoms with Gasteiger partial charge in [0.15, 0.2) is 11.5 Å². The molecule has 0 radical (unpaired) electrons. The van der Waals surface area contributed by atoms with Gasteiger partial charge >= 0.3 is 6.03 Å². The molecule has 3 N–H and O–H groups in total. The predicted molar refractivity (Wildman–Crippen MR) is 136 cm³/mol. The van der Waals surface area contributed by atoms with E-state index < -0.39 is 0 Å². The fourth-order valence-electron chi connectivity index (χ4n) is 4.93. The fourth-order valence-corrected chi connectivity index (χ4v) is 4.93. The van der Waals surface area contributed by atoms with Crippen molar-refractivity contribution in [2.24, 2.45) is 0 Å². The Morgan fingerprint density at radius 1 is 1.17 bits per heavy atom. The fraction of sp³-hybridized carbons (Fsp3) is 0.385. The van der Waals surface area contributed by atoms with Crippen molar-refractivity contribution in [1.82, 2.24) is 30.3 Å². The molecule has 0 spiro atoms. The molecule has 2 aliphatic heterocycles. The van der Waals surface area contributed by atoms with Gasteiger partial charge in [-0.25, -0.2) is 14.2 Å². The normalized spacial score (nSPS) is 17.9. The first-order valence-electron chi connectivity index (χ1n) is 12.4. The van der Waals surface area contributed by atoms with Crippen LogP contribution in [0.5, 0.6) is 0 Å². The first-order chi connectivity index (χ1) is 17.5. The van der Waals surface area contributed by atoms with Gasteiger partial charge in [0.2, 0.25) is 5.91 Å². The smallest absolute Gasteiger partial charge is 0.317 e. The number of carbonyl (C=O) groups excluding carboxylic acids is 2. The quantitative estimate of drug-likeness (QED) is 0.457. The average Bonchev–Trinajstić information content (AvgIpc) is 3.55. The Morgan fingerprint density at radius 3 is 2.78 bits per heavy atom. The molecule has 2 fully saturated rings. The number of urea groups is 1. The Hall–Kier alpha value is -3.95. The van der Waals surface area contributed by atoms with Crippen molar-refractivity contribution < 1.29 is 14.0 Å². The van der Waals surface area contributed by atoms with Gasteiger partial charge in [0.1, 0.15) is 5.82 Å². The molecule has 0 bridgehead atoms. The molecule has 2 saturated heterocycles. The Bertz CT molecular complexity index is 1280. The number of halogens is 1. The highest BCUT2D eigenvalue weighted by atomic mass is 19.1. The molecule has 1 atom stereocenters. The van der Waals surface area contributed by atoms with Crippen molar-refractivity contribution >= 4 is 28.8 Å². The number of nitrogens with one attached hydrogen (secondary N) is 3. The van der Waals surface area contributed by atoms with E-state index in [0.717, 1.165) is 49.7 Å². The second-order valence-corrected chi connectivity index (χ2v) is 9.29. The molecule has 9 nitrogen and oxygen atoms in total. The second-order valence-electron chi connectivity index (χ2n) is 9.29. The standard InChI is InChI=1S/C26H30FN7O2/c1-2-22(35)34-13-9-19(16-34)30-25-23-20(8-10-28-24(23)31-32-25)17-6-7-18(21(27)14-17)15-29-26(36)33-11-4-3-5-12-33/h2,6-8,10,14,19H,1,3-5,9,11-13,15-16H2,(H,29,36)(H2,28,30,31,32). The summed E-state index contributed by atoms with van der Waals surface area (Å²) in [7, 11) is 0. The molecule has 10 heteroatoms. The van der Waals surface area contributed by atoms with Crippen LogP contribution in [-0.4, -0.2) is 69.1 Å². The number of hydrogen-bond acceptors (Lipinski definition) is 5. The van der Waals surface area contributed by atoms with E-state index in [-0.39, 0.29) is 30.3 Å². The summed E-state index contributed by atoms with van der Waals surface area (Å²) in [4.78, 5) is 32.2. The minimum absolute atomic E-state index is 0.0380. The SMILES string of the molecule is C=CC(=O)N1CCC(Nc2n[nH]c3nccc(-c4ccc(CNC(=O)N5CCCCC5)c(F)c4)c23)C1. The summed E-state index contributed by atoms with van der Waals surface area (Å²) in [5, 5.41) is 14.4. The molecule has 0 saturated carbocycles. The highest BCUT2D eigenvalue weighted by molar-refractivity contribution is 6.00. The van der Waals surface area contributed by atoms with E-state index in [0.29, 0.717) is 35.7 Å². The summed E-state index contributed by atoms with van der Waals surface area (Å²) in [6.45, 7) is 6.39. The molecule has 3 aromatic rings. The molecule has 1 unspecified atom stereocenters. The van der Waals surface area contributed by atoms with Gasteiger partial charge in [0, 0.05) is 50.5 Å².